The smallest absolute Gasteiger partial charge is 0.118 e. The summed E-state index contributed by atoms with van der Waals surface area (Å²) in [6.45, 7) is 9.78. The van der Waals surface area contributed by atoms with Gasteiger partial charge in [0.1, 0.15) is 11.4 Å². The summed E-state index contributed by atoms with van der Waals surface area (Å²) in [6.07, 6.45) is 2.52. The van der Waals surface area contributed by atoms with E-state index in [-0.39, 0.29) is 5.60 Å². The first kappa shape index (κ1) is 19.6. The van der Waals surface area contributed by atoms with E-state index in [0.29, 0.717) is 18.8 Å². The van der Waals surface area contributed by atoms with E-state index in [1.165, 1.54) is 5.56 Å². The Morgan fingerprint density at radius 1 is 1.31 bits per heavy atom. The van der Waals surface area contributed by atoms with Crippen molar-refractivity contribution in [2.24, 2.45) is 0 Å². The Balaban J connectivity index is 1.60. The number of rotatable bonds is 6. The number of benzene rings is 1. The highest BCUT2D eigenvalue weighted by Gasteiger charge is 2.43. The minimum absolute atomic E-state index is 0.147. The van der Waals surface area contributed by atoms with Crippen LogP contribution in [0.4, 0.5) is 0 Å². The molecule has 1 spiro atoms. The van der Waals surface area contributed by atoms with Crippen molar-refractivity contribution in [2.45, 2.75) is 51.0 Å². The molecule has 0 radical (unpaired) electrons. The second-order valence-corrected chi connectivity index (χ2v) is 8.11. The Morgan fingerprint density at radius 3 is 2.77 bits per heavy atom. The molecule has 0 unspecified atom stereocenters. The maximum atomic E-state index is 6.57. The van der Waals surface area contributed by atoms with Crippen molar-refractivity contribution < 1.29 is 14.2 Å². The van der Waals surface area contributed by atoms with Gasteiger partial charge in [0.15, 0.2) is 0 Å². The van der Waals surface area contributed by atoms with Gasteiger partial charge < -0.3 is 19.1 Å². The molecule has 3 rings (SSSR count). The van der Waals surface area contributed by atoms with Gasteiger partial charge in [-0.05, 0) is 51.4 Å². The molecule has 2 fully saturated rings. The summed E-state index contributed by atoms with van der Waals surface area (Å²) < 4.78 is 17.8. The van der Waals surface area contributed by atoms with Gasteiger partial charge in [0.05, 0.1) is 26.4 Å². The van der Waals surface area contributed by atoms with Crippen molar-refractivity contribution >= 4 is 0 Å². The number of likely N-dealkylation sites (N-methyl/N-ethyl adjacent to an activating group) is 1. The SMILES string of the molecule is COc1ccc(CN2CCOC[C@]3(CC[C@H](CN(C)C(C)C)O3)C2)cc1. The summed E-state index contributed by atoms with van der Waals surface area (Å²) in [7, 11) is 3.88. The van der Waals surface area contributed by atoms with Crippen molar-refractivity contribution in [3.05, 3.63) is 29.8 Å². The van der Waals surface area contributed by atoms with Gasteiger partial charge in [-0.1, -0.05) is 12.1 Å². The zero-order valence-corrected chi connectivity index (χ0v) is 16.7. The van der Waals surface area contributed by atoms with Crippen LogP contribution in [0.5, 0.6) is 5.75 Å². The minimum atomic E-state index is -0.147. The first-order valence-corrected chi connectivity index (χ1v) is 9.81. The van der Waals surface area contributed by atoms with Crippen LogP contribution < -0.4 is 4.74 Å². The average Bonchev–Trinajstić information content (AvgIpc) is 2.90. The Bertz CT molecular complexity index is 563. The molecular weight excluding hydrogens is 328 g/mol. The van der Waals surface area contributed by atoms with E-state index in [1.54, 1.807) is 7.11 Å². The minimum Gasteiger partial charge on any atom is -0.497 e. The molecule has 2 aliphatic rings. The Kier molecular flexibility index (Phi) is 6.56. The molecule has 26 heavy (non-hydrogen) atoms. The van der Waals surface area contributed by atoms with Crippen molar-refractivity contribution in [1.82, 2.24) is 9.80 Å². The van der Waals surface area contributed by atoms with Gasteiger partial charge in [-0.15, -0.1) is 0 Å². The van der Waals surface area contributed by atoms with Crippen LogP contribution in [-0.2, 0) is 16.0 Å². The average molecular weight is 363 g/mol. The van der Waals surface area contributed by atoms with Gasteiger partial charge in [-0.3, -0.25) is 4.90 Å². The van der Waals surface area contributed by atoms with Crippen LogP contribution >= 0.6 is 0 Å². The largest absolute Gasteiger partial charge is 0.497 e. The zero-order valence-electron chi connectivity index (χ0n) is 16.7. The fourth-order valence-electron chi connectivity index (χ4n) is 3.89. The maximum Gasteiger partial charge on any atom is 0.118 e. The second-order valence-electron chi connectivity index (χ2n) is 8.11. The molecular formula is C21H34N2O3. The van der Waals surface area contributed by atoms with Gasteiger partial charge in [0.25, 0.3) is 0 Å². The van der Waals surface area contributed by atoms with Gasteiger partial charge in [0, 0.05) is 32.2 Å². The number of hydrogen-bond donors (Lipinski definition) is 0. The van der Waals surface area contributed by atoms with Gasteiger partial charge >= 0.3 is 0 Å². The lowest BCUT2D eigenvalue weighted by atomic mass is 9.99. The fraction of sp³-hybridized carbons (Fsp3) is 0.714. The van der Waals surface area contributed by atoms with Crippen molar-refractivity contribution in [3.8, 4) is 5.75 Å². The summed E-state index contributed by atoms with van der Waals surface area (Å²) in [5, 5.41) is 0. The van der Waals surface area contributed by atoms with Gasteiger partial charge in [-0.25, -0.2) is 0 Å². The summed E-state index contributed by atoms with van der Waals surface area (Å²) in [6, 6.07) is 8.90. The fourth-order valence-corrected chi connectivity index (χ4v) is 3.89. The third-order valence-corrected chi connectivity index (χ3v) is 5.71. The lowest BCUT2D eigenvalue weighted by molar-refractivity contribution is -0.0924. The molecule has 2 aliphatic heterocycles. The Hall–Kier alpha value is -1.14. The van der Waals surface area contributed by atoms with Crippen LogP contribution in [0.25, 0.3) is 0 Å². The standard InChI is InChI=1S/C21H34N2O3/c1-17(2)22(3)14-20-9-10-21(26-20)15-23(11-12-25-16-21)13-18-5-7-19(24-4)8-6-18/h5-8,17,20H,9-16H2,1-4H3/t20-,21+/m1/s1. The monoisotopic (exact) mass is 362 g/mol. The maximum absolute atomic E-state index is 6.57. The molecule has 1 aromatic rings. The normalized spacial score (nSPS) is 27.4. The summed E-state index contributed by atoms with van der Waals surface area (Å²) in [4.78, 5) is 4.85. The third kappa shape index (κ3) is 4.97. The molecule has 2 saturated heterocycles. The van der Waals surface area contributed by atoms with E-state index in [4.69, 9.17) is 14.2 Å². The molecule has 5 heteroatoms. The highest BCUT2D eigenvalue weighted by molar-refractivity contribution is 5.27. The summed E-state index contributed by atoms with van der Waals surface area (Å²) in [5.41, 5.74) is 1.16. The molecule has 2 heterocycles. The quantitative estimate of drug-likeness (QED) is 0.777. The highest BCUT2D eigenvalue weighted by atomic mass is 16.6. The molecule has 146 valence electrons. The van der Waals surface area contributed by atoms with Crippen molar-refractivity contribution in [1.29, 1.82) is 0 Å². The van der Waals surface area contributed by atoms with E-state index >= 15 is 0 Å². The lowest BCUT2D eigenvalue weighted by Gasteiger charge is -2.33. The molecule has 0 N–H and O–H groups in total. The zero-order chi connectivity index (χ0) is 18.6. The van der Waals surface area contributed by atoms with Crippen LogP contribution in [-0.4, -0.2) is 74.6 Å². The van der Waals surface area contributed by atoms with Crippen LogP contribution in [0, 0.1) is 0 Å². The topological polar surface area (TPSA) is 34.2 Å². The van der Waals surface area contributed by atoms with E-state index in [2.05, 4.69) is 42.8 Å². The van der Waals surface area contributed by atoms with Crippen LogP contribution in [0.2, 0.25) is 0 Å². The highest BCUT2D eigenvalue weighted by Crippen LogP contribution is 2.34. The van der Waals surface area contributed by atoms with E-state index in [9.17, 15) is 0 Å². The van der Waals surface area contributed by atoms with Crippen LogP contribution in [0.1, 0.15) is 32.3 Å². The number of hydrogen-bond acceptors (Lipinski definition) is 5. The molecule has 1 aromatic carbocycles. The molecule has 0 amide bonds. The third-order valence-electron chi connectivity index (χ3n) is 5.71. The Labute approximate surface area is 158 Å². The van der Waals surface area contributed by atoms with Crippen molar-refractivity contribution in [2.75, 3.05) is 47.0 Å². The molecule has 0 aliphatic carbocycles. The molecule has 2 atom stereocenters. The first-order valence-electron chi connectivity index (χ1n) is 9.81. The lowest BCUT2D eigenvalue weighted by Crippen LogP contribution is -2.45. The van der Waals surface area contributed by atoms with Crippen LogP contribution in [0.15, 0.2) is 24.3 Å². The van der Waals surface area contributed by atoms with Crippen molar-refractivity contribution in [3.63, 3.8) is 0 Å². The summed E-state index contributed by atoms with van der Waals surface area (Å²) in [5.74, 6) is 0.903. The number of methoxy groups -OCH3 is 1. The number of nitrogens with zero attached hydrogens (tertiary/aromatic N) is 2. The molecule has 0 bridgehead atoms. The van der Waals surface area contributed by atoms with Gasteiger partial charge in [0.2, 0.25) is 0 Å². The second kappa shape index (κ2) is 8.70. The molecule has 0 aromatic heterocycles. The Morgan fingerprint density at radius 2 is 2.08 bits per heavy atom. The summed E-state index contributed by atoms with van der Waals surface area (Å²) >= 11 is 0. The van der Waals surface area contributed by atoms with Gasteiger partial charge in [-0.2, -0.15) is 0 Å². The van der Waals surface area contributed by atoms with E-state index in [0.717, 1.165) is 51.4 Å². The first-order chi connectivity index (χ1) is 12.5. The molecule has 5 nitrogen and oxygen atoms in total. The van der Waals surface area contributed by atoms with Crippen LogP contribution in [0.3, 0.4) is 0 Å². The number of ether oxygens (including phenoxy) is 3. The predicted molar refractivity (Wildman–Crippen MR) is 104 cm³/mol. The van der Waals surface area contributed by atoms with E-state index < -0.39 is 0 Å². The predicted octanol–water partition coefficient (Wildman–Crippen LogP) is 2.79. The molecule has 0 saturated carbocycles. The van der Waals surface area contributed by atoms with E-state index in [1.807, 2.05) is 12.1 Å².